The fraction of sp³-hybridized carbons (Fsp3) is 0.0769. The minimum Gasteiger partial charge on any atom is -0.326 e. The van der Waals surface area contributed by atoms with Crippen LogP contribution in [0.4, 0.5) is 5.69 Å². The van der Waals surface area contributed by atoms with Crippen molar-refractivity contribution < 1.29 is 4.79 Å². The van der Waals surface area contributed by atoms with E-state index in [1.54, 1.807) is 36.7 Å². The van der Waals surface area contributed by atoms with Gasteiger partial charge in [0.25, 0.3) is 5.91 Å². The minimum atomic E-state index is -0.139. The molecule has 1 aromatic carbocycles. The maximum absolute atomic E-state index is 11.9. The third-order valence-electron chi connectivity index (χ3n) is 2.39. The predicted molar refractivity (Wildman–Crippen MR) is 81.0 cm³/mol. The largest absolute Gasteiger partial charge is 0.326 e. The van der Waals surface area contributed by atoms with Crippen LogP contribution in [0.3, 0.4) is 0 Å². The summed E-state index contributed by atoms with van der Waals surface area (Å²) in [5, 5.41) is 2.79. The summed E-state index contributed by atoms with van der Waals surface area (Å²) in [6.45, 7) is 0.478. The van der Waals surface area contributed by atoms with Gasteiger partial charge in [-0.15, -0.1) is 24.8 Å². The van der Waals surface area contributed by atoms with Crippen LogP contribution in [0.5, 0.6) is 0 Å². The number of nitrogens with two attached hydrogens (primary N) is 1. The lowest BCUT2D eigenvalue weighted by molar-refractivity contribution is 0.102. The molecule has 3 N–H and O–H groups in total. The van der Waals surface area contributed by atoms with E-state index >= 15 is 0 Å². The van der Waals surface area contributed by atoms with E-state index in [0.29, 0.717) is 12.1 Å². The van der Waals surface area contributed by atoms with Crippen molar-refractivity contribution in [2.45, 2.75) is 6.54 Å². The van der Waals surface area contributed by atoms with Crippen LogP contribution in [0.15, 0.2) is 48.8 Å². The highest BCUT2D eigenvalue weighted by Crippen LogP contribution is 2.08. The summed E-state index contributed by atoms with van der Waals surface area (Å²) in [4.78, 5) is 15.7. The number of carbonyl (C=O) groups is 1. The summed E-state index contributed by atoms with van der Waals surface area (Å²) in [7, 11) is 0. The highest BCUT2D eigenvalue weighted by molar-refractivity contribution is 6.04. The Bertz CT molecular complexity index is 503. The SMILES string of the molecule is Cl.Cl.NCc1ccc(C(=O)Nc2ccncc2)cc1. The molecule has 0 aliphatic rings. The second-order valence-electron chi connectivity index (χ2n) is 3.59. The van der Waals surface area contributed by atoms with E-state index in [1.165, 1.54) is 0 Å². The summed E-state index contributed by atoms with van der Waals surface area (Å²) in [6.07, 6.45) is 3.26. The van der Waals surface area contributed by atoms with Crippen LogP contribution in [-0.4, -0.2) is 10.9 Å². The van der Waals surface area contributed by atoms with Gasteiger partial charge in [0.05, 0.1) is 0 Å². The zero-order valence-electron chi connectivity index (χ0n) is 10.1. The molecule has 0 bridgehead atoms. The molecule has 19 heavy (non-hydrogen) atoms. The first-order valence-corrected chi connectivity index (χ1v) is 5.30. The van der Waals surface area contributed by atoms with Crippen molar-refractivity contribution in [3.8, 4) is 0 Å². The van der Waals surface area contributed by atoms with Crippen molar-refractivity contribution in [1.29, 1.82) is 0 Å². The van der Waals surface area contributed by atoms with Crippen molar-refractivity contribution in [3.05, 3.63) is 59.9 Å². The number of anilines is 1. The van der Waals surface area contributed by atoms with Crippen molar-refractivity contribution in [3.63, 3.8) is 0 Å². The molecule has 0 unspecified atom stereocenters. The average Bonchev–Trinajstić information content (AvgIpc) is 2.40. The Morgan fingerprint density at radius 1 is 1.05 bits per heavy atom. The minimum absolute atomic E-state index is 0. The molecule has 0 fully saturated rings. The van der Waals surface area contributed by atoms with E-state index in [1.807, 2.05) is 12.1 Å². The second kappa shape index (κ2) is 8.48. The average molecular weight is 300 g/mol. The molecule has 102 valence electrons. The number of carbonyl (C=O) groups excluding carboxylic acids is 1. The number of amides is 1. The standard InChI is InChI=1S/C13H13N3O.2ClH/c14-9-10-1-3-11(4-2-10)13(17)16-12-5-7-15-8-6-12;;/h1-8H,9,14H2,(H,15,16,17);2*1H. The van der Waals surface area contributed by atoms with Gasteiger partial charge in [0.15, 0.2) is 0 Å². The highest BCUT2D eigenvalue weighted by atomic mass is 35.5. The summed E-state index contributed by atoms with van der Waals surface area (Å²) in [5.74, 6) is -0.139. The van der Waals surface area contributed by atoms with Gasteiger partial charge in [-0.2, -0.15) is 0 Å². The number of rotatable bonds is 3. The Balaban J connectivity index is 0.00000162. The number of halogens is 2. The Morgan fingerprint density at radius 3 is 2.16 bits per heavy atom. The second-order valence-corrected chi connectivity index (χ2v) is 3.59. The van der Waals surface area contributed by atoms with E-state index in [9.17, 15) is 4.79 Å². The first-order chi connectivity index (χ1) is 8.29. The number of benzene rings is 1. The van der Waals surface area contributed by atoms with Crippen LogP contribution in [0.25, 0.3) is 0 Å². The van der Waals surface area contributed by atoms with Gasteiger partial charge in [0, 0.05) is 30.2 Å². The third-order valence-corrected chi connectivity index (χ3v) is 2.39. The fourth-order valence-electron chi connectivity index (χ4n) is 1.43. The zero-order valence-corrected chi connectivity index (χ0v) is 11.7. The summed E-state index contributed by atoms with van der Waals surface area (Å²) in [6, 6.07) is 10.7. The van der Waals surface area contributed by atoms with E-state index in [-0.39, 0.29) is 30.7 Å². The molecular formula is C13H15Cl2N3O. The molecule has 2 rings (SSSR count). The Labute approximate surface area is 124 Å². The van der Waals surface area contributed by atoms with Gasteiger partial charge in [0.2, 0.25) is 0 Å². The first kappa shape index (κ1) is 17.4. The van der Waals surface area contributed by atoms with Crippen LogP contribution < -0.4 is 11.1 Å². The zero-order chi connectivity index (χ0) is 12.1. The Hall–Kier alpha value is -1.62. The fourth-order valence-corrected chi connectivity index (χ4v) is 1.43. The number of hydrogen-bond donors (Lipinski definition) is 2. The first-order valence-electron chi connectivity index (χ1n) is 5.30. The summed E-state index contributed by atoms with van der Waals surface area (Å²) >= 11 is 0. The lowest BCUT2D eigenvalue weighted by atomic mass is 10.1. The number of hydrogen-bond acceptors (Lipinski definition) is 3. The smallest absolute Gasteiger partial charge is 0.255 e. The van der Waals surface area contributed by atoms with Gasteiger partial charge in [-0.25, -0.2) is 0 Å². The number of nitrogens with one attached hydrogen (secondary N) is 1. The molecule has 0 saturated carbocycles. The molecule has 1 aromatic heterocycles. The van der Waals surface area contributed by atoms with Crippen molar-refractivity contribution in [1.82, 2.24) is 4.98 Å². The maximum Gasteiger partial charge on any atom is 0.255 e. The Kier molecular flexibility index (Phi) is 7.75. The van der Waals surface area contributed by atoms with Crippen LogP contribution in [0.1, 0.15) is 15.9 Å². The molecule has 0 aliphatic carbocycles. The molecule has 0 spiro atoms. The lowest BCUT2D eigenvalue weighted by Crippen LogP contribution is -2.11. The Morgan fingerprint density at radius 2 is 1.63 bits per heavy atom. The molecule has 1 heterocycles. The van der Waals surface area contributed by atoms with Gasteiger partial charge in [-0.3, -0.25) is 9.78 Å². The van der Waals surface area contributed by atoms with Crippen molar-refractivity contribution in [2.75, 3.05) is 5.32 Å². The normalized spacial score (nSPS) is 8.89. The van der Waals surface area contributed by atoms with Crippen molar-refractivity contribution in [2.24, 2.45) is 5.73 Å². The quantitative estimate of drug-likeness (QED) is 0.915. The molecule has 4 nitrogen and oxygen atoms in total. The monoisotopic (exact) mass is 299 g/mol. The molecule has 0 atom stereocenters. The van der Waals surface area contributed by atoms with E-state index in [2.05, 4.69) is 10.3 Å². The number of pyridine rings is 1. The molecule has 1 amide bonds. The third kappa shape index (κ3) is 4.87. The molecule has 0 saturated heterocycles. The number of aromatic nitrogens is 1. The predicted octanol–water partition coefficient (Wildman–Crippen LogP) is 2.64. The topological polar surface area (TPSA) is 68.0 Å². The molecular weight excluding hydrogens is 285 g/mol. The van der Waals surface area contributed by atoms with Gasteiger partial charge >= 0.3 is 0 Å². The molecule has 0 radical (unpaired) electrons. The molecule has 6 heteroatoms. The maximum atomic E-state index is 11.9. The van der Waals surface area contributed by atoms with Crippen LogP contribution in [-0.2, 0) is 6.54 Å². The van der Waals surface area contributed by atoms with Gasteiger partial charge in [0.1, 0.15) is 0 Å². The van der Waals surface area contributed by atoms with Crippen LogP contribution in [0.2, 0.25) is 0 Å². The van der Waals surface area contributed by atoms with Gasteiger partial charge in [-0.1, -0.05) is 12.1 Å². The number of nitrogens with zero attached hydrogens (tertiary/aromatic N) is 1. The van der Waals surface area contributed by atoms with Crippen LogP contribution >= 0.6 is 24.8 Å². The summed E-state index contributed by atoms with van der Waals surface area (Å²) in [5.41, 5.74) is 7.84. The summed E-state index contributed by atoms with van der Waals surface area (Å²) < 4.78 is 0. The van der Waals surface area contributed by atoms with Crippen LogP contribution in [0, 0.1) is 0 Å². The van der Waals surface area contributed by atoms with E-state index in [4.69, 9.17) is 5.73 Å². The van der Waals surface area contributed by atoms with E-state index < -0.39 is 0 Å². The lowest BCUT2D eigenvalue weighted by Gasteiger charge is -2.05. The van der Waals surface area contributed by atoms with Gasteiger partial charge in [-0.05, 0) is 29.8 Å². The van der Waals surface area contributed by atoms with Crippen molar-refractivity contribution >= 4 is 36.4 Å². The van der Waals surface area contributed by atoms with Gasteiger partial charge < -0.3 is 11.1 Å². The highest BCUT2D eigenvalue weighted by Gasteiger charge is 2.05. The van der Waals surface area contributed by atoms with E-state index in [0.717, 1.165) is 11.3 Å². The molecule has 2 aromatic rings. The molecule has 0 aliphatic heterocycles.